The van der Waals surface area contributed by atoms with E-state index >= 15 is 0 Å². The molecule has 0 saturated carbocycles. The van der Waals surface area contributed by atoms with Gasteiger partial charge in [0.1, 0.15) is 12.4 Å². The molecule has 1 aromatic heterocycles. The third-order valence-electron chi connectivity index (χ3n) is 4.22. The molecule has 0 fully saturated rings. The molecule has 0 aliphatic rings. The summed E-state index contributed by atoms with van der Waals surface area (Å²) in [7, 11) is 0. The fourth-order valence-electron chi connectivity index (χ4n) is 2.63. The molecule has 150 valence electrons. The van der Waals surface area contributed by atoms with Crippen LogP contribution in [0.4, 0.5) is 10.2 Å². The Morgan fingerprint density at radius 1 is 1.14 bits per heavy atom. The molecule has 3 aromatic rings. The number of nitrogens with zero attached hydrogens (tertiary/aromatic N) is 1. The topological polar surface area (TPSA) is 77.2 Å². The van der Waals surface area contributed by atoms with Crippen LogP contribution < -0.4 is 15.8 Å². The van der Waals surface area contributed by atoms with Gasteiger partial charge in [0.25, 0.3) is 5.91 Å². The monoisotopic (exact) mass is 433 g/mol. The smallest absolute Gasteiger partial charge is 0.252 e. The van der Waals surface area contributed by atoms with E-state index < -0.39 is 0 Å². The first-order chi connectivity index (χ1) is 14.0. The maximum Gasteiger partial charge on any atom is 0.252 e. The van der Waals surface area contributed by atoms with E-state index in [9.17, 15) is 9.18 Å². The van der Waals surface area contributed by atoms with E-state index in [0.717, 1.165) is 0 Å². The Morgan fingerprint density at radius 2 is 1.86 bits per heavy atom. The van der Waals surface area contributed by atoms with Gasteiger partial charge in [0, 0.05) is 28.4 Å². The Hall–Kier alpha value is -2.83. The zero-order valence-corrected chi connectivity index (χ0v) is 16.8. The maximum atomic E-state index is 13.6. The van der Waals surface area contributed by atoms with Crippen molar-refractivity contribution in [2.75, 3.05) is 12.3 Å². The van der Waals surface area contributed by atoms with Crippen molar-refractivity contribution < 1.29 is 13.9 Å². The van der Waals surface area contributed by atoms with Gasteiger partial charge in [-0.05, 0) is 36.2 Å². The van der Waals surface area contributed by atoms with Crippen molar-refractivity contribution in [3.05, 3.63) is 87.3 Å². The molecule has 0 radical (unpaired) electrons. The van der Waals surface area contributed by atoms with Crippen LogP contribution in [0.25, 0.3) is 0 Å². The molecule has 8 heteroatoms. The van der Waals surface area contributed by atoms with Crippen LogP contribution in [0.5, 0.6) is 5.75 Å². The van der Waals surface area contributed by atoms with Crippen molar-refractivity contribution in [3.8, 4) is 5.75 Å². The van der Waals surface area contributed by atoms with Crippen LogP contribution in [0.15, 0.2) is 54.7 Å². The molecule has 5 nitrogen and oxygen atoms in total. The average molecular weight is 434 g/mol. The van der Waals surface area contributed by atoms with Gasteiger partial charge in [0.15, 0.2) is 11.6 Å². The number of nitrogens with one attached hydrogen (secondary N) is 1. The zero-order valence-electron chi connectivity index (χ0n) is 15.3. The number of amides is 1. The summed E-state index contributed by atoms with van der Waals surface area (Å²) in [5.41, 5.74) is 7.26. The predicted molar refractivity (Wildman–Crippen MR) is 112 cm³/mol. The van der Waals surface area contributed by atoms with E-state index in [2.05, 4.69) is 10.3 Å². The summed E-state index contributed by atoms with van der Waals surface area (Å²) >= 11 is 12.3. The molecular weight excluding hydrogens is 416 g/mol. The summed E-state index contributed by atoms with van der Waals surface area (Å²) in [6.45, 7) is 0.346. The number of anilines is 1. The number of hydrogen-bond donors (Lipinski definition) is 2. The normalized spacial score (nSPS) is 10.6. The molecule has 0 aliphatic heterocycles. The number of nitrogen functional groups attached to an aromatic ring is 1. The average Bonchev–Trinajstić information content (AvgIpc) is 2.70. The lowest BCUT2D eigenvalue weighted by Gasteiger charge is -2.12. The molecular formula is C21H18Cl2FN3O2. The molecule has 0 bridgehead atoms. The van der Waals surface area contributed by atoms with Crippen molar-refractivity contribution in [3.63, 3.8) is 0 Å². The standard InChI is InChI=1S/C21H18Cl2FN3O2/c22-16-5-3-6-17(23)15(16)12-29-19-10-14(11-27-20(19)25)21(28)26-9-8-13-4-1-2-7-18(13)24/h1-7,10-11H,8-9,12H2,(H2,25,27)(H,26,28). The largest absolute Gasteiger partial charge is 0.485 e. The van der Waals surface area contributed by atoms with Gasteiger partial charge in [-0.1, -0.05) is 47.5 Å². The minimum atomic E-state index is -0.366. The molecule has 0 unspecified atom stereocenters. The van der Waals surface area contributed by atoms with E-state index in [0.29, 0.717) is 27.6 Å². The molecule has 29 heavy (non-hydrogen) atoms. The van der Waals surface area contributed by atoms with Crippen LogP contribution in [-0.4, -0.2) is 17.4 Å². The van der Waals surface area contributed by atoms with Crippen LogP contribution in [0.1, 0.15) is 21.5 Å². The Morgan fingerprint density at radius 3 is 2.59 bits per heavy atom. The highest BCUT2D eigenvalue weighted by Crippen LogP contribution is 2.27. The van der Waals surface area contributed by atoms with Gasteiger partial charge in [0.05, 0.1) is 5.56 Å². The third kappa shape index (κ3) is 5.37. The van der Waals surface area contributed by atoms with Gasteiger partial charge in [0.2, 0.25) is 0 Å². The number of hydrogen-bond acceptors (Lipinski definition) is 4. The van der Waals surface area contributed by atoms with Crippen LogP contribution in [0.2, 0.25) is 10.0 Å². The summed E-state index contributed by atoms with van der Waals surface area (Å²) in [5.74, 6) is -0.293. The first-order valence-corrected chi connectivity index (χ1v) is 9.54. The third-order valence-corrected chi connectivity index (χ3v) is 4.92. The highest BCUT2D eigenvalue weighted by atomic mass is 35.5. The number of halogens is 3. The van der Waals surface area contributed by atoms with Crippen LogP contribution in [-0.2, 0) is 13.0 Å². The quantitative estimate of drug-likeness (QED) is 0.567. The number of aromatic nitrogens is 1. The lowest BCUT2D eigenvalue weighted by Crippen LogP contribution is -2.26. The Kier molecular flexibility index (Phi) is 6.90. The number of rotatable bonds is 7. The fraction of sp³-hybridized carbons (Fsp3) is 0.143. The van der Waals surface area contributed by atoms with Crippen molar-refractivity contribution in [1.82, 2.24) is 10.3 Å². The molecule has 0 atom stereocenters. The molecule has 0 saturated heterocycles. The summed E-state index contributed by atoms with van der Waals surface area (Å²) in [6, 6.07) is 13.1. The van der Waals surface area contributed by atoms with Crippen LogP contribution >= 0.6 is 23.2 Å². The molecule has 1 heterocycles. The van der Waals surface area contributed by atoms with E-state index in [1.165, 1.54) is 18.3 Å². The van der Waals surface area contributed by atoms with Crippen molar-refractivity contribution in [1.29, 1.82) is 0 Å². The second kappa shape index (κ2) is 9.58. The summed E-state index contributed by atoms with van der Waals surface area (Å²) in [4.78, 5) is 16.4. The molecule has 3 N–H and O–H groups in total. The lowest BCUT2D eigenvalue weighted by molar-refractivity contribution is 0.0953. The van der Waals surface area contributed by atoms with Gasteiger partial charge >= 0.3 is 0 Å². The predicted octanol–water partition coefficient (Wildman–Crippen LogP) is 4.66. The van der Waals surface area contributed by atoms with E-state index in [4.69, 9.17) is 33.7 Å². The van der Waals surface area contributed by atoms with Gasteiger partial charge in [-0.15, -0.1) is 0 Å². The van der Waals surface area contributed by atoms with Gasteiger partial charge in [-0.2, -0.15) is 0 Å². The van der Waals surface area contributed by atoms with Gasteiger partial charge < -0.3 is 15.8 Å². The molecule has 2 aromatic carbocycles. The number of carbonyl (C=O) groups excluding carboxylic acids is 1. The minimum Gasteiger partial charge on any atom is -0.485 e. The Bertz CT molecular complexity index is 1010. The Balaban J connectivity index is 1.63. The van der Waals surface area contributed by atoms with E-state index in [1.807, 2.05) is 0 Å². The van der Waals surface area contributed by atoms with E-state index in [1.54, 1.807) is 36.4 Å². The molecule has 0 aliphatic carbocycles. The van der Waals surface area contributed by atoms with Crippen molar-refractivity contribution >= 4 is 34.9 Å². The first-order valence-electron chi connectivity index (χ1n) is 8.78. The maximum absolute atomic E-state index is 13.6. The minimum absolute atomic E-state index is 0.0722. The SMILES string of the molecule is Nc1ncc(C(=O)NCCc2ccccc2F)cc1OCc1c(Cl)cccc1Cl. The highest BCUT2D eigenvalue weighted by Gasteiger charge is 2.13. The summed E-state index contributed by atoms with van der Waals surface area (Å²) in [5, 5.41) is 3.66. The number of carbonyl (C=O) groups is 1. The zero-order chi connectivity index (χ0) is 20.8. The van der Waals surface area contributed by atoms with Gasteiger partial charge in [-0.25, -0.2) is 9.37 Å². The summed E-state index contributed by atoms with van der Waals surface area (Å²) < 4.78 is 19.3. The molecule has 1 amide bonds. The van der Waals surface area contributed by atoms with Gasteiger partial charge in [-0.3, -0.25) is 4.79 Å². The number of ether oxygens (including phenoxy) is 1. The molecule has 3 rings (SSSR count). The second-order valence-electron chi connectivity index (χ2n) is 6.19. The van der Waals surface area contributed by atoms with E-state index in [-0.39, 0.29) is 42.0 Å². The van der Waals surface area contributed by atoms with Crippen molar-refractivity contribution in [2.24, 2.45) is 0 Å². The number of nitrogens with two attached hydrogens (primary N) is 1. The Labute approximate surface area is 177 Å². The molecule has 0 spiro atoms. The van der Waals surface area contributed by atoms with Crippen molar-refractivity contribution in [2.45, 2.75) is 13.0 Å². The fourth-order valence-corrected chi connectivity index (χ4v) is 3.14. The number of benzene rings is 2. The lowest BCUT2D eigenvalue weighted by atomic mass is 10.1. The van der Waals surface area contributed by atoms with Crippen LogP contribution in [0, 0.1) is 5.82 Å². The highest BCUT2D eigenvalue weighted by molar-refractivity contribution is 6.35. The first kappa shape index (κ1) is 20.9. The number of pyridine rings is 1. The summed E-state index contributed by atoms with van der Waals surface area (Å²) in [6.07, 6.45) is 1.72. The van der Waals surface area contributed by atoms with Crippen LogP contribution in [0.3, 0.4) is 0 Å². The second-order valence-corrected chi connectivity index (χ2v) is 7.01.